The summed E-state index contributed by atoms with van der Waals surface area (Å²) in [6, 6.07) is 13.2. The van der Waals surface area contributed by atoms with Crippen LogP contribution in [-0.4, -0.2) is 69.3 Å². The van der Waals surface area contributed by atoms with Gasteiger partial charge in [-0.1, -0.05) is 46.3 Å². The Morgan fingerprint density at radius 3 is 2.02 bits per heavy atom. The zero-order valence-corrected chi connectivity index (χ0v) is 28.3. The first-order valence-corrected chi connectivity index (χ1v) is 17.0. The quantitative estimate of drug-likeness (QED) is 0.196. The van der Waals surface area contributed by atoms with E-state index < -0.39 is 47.6 Å². The number of aliphatic hydroxyl groups is 1. The highest BCUT2D eigenvalue weighted by Gasteiger charge is 2.53. The Balaban J connectivity index is 0.000000630. The minimum Gasteiger partial charge on any atom is -0.490 e. The molecule has 2 saturated heterocycles. The van der Waals surface area contributed by atoms with Crippen LogP contribution in [0.4, 0.5) is 22.0 Å². The second-order valence-corrected chi connectivity index (χ2v) is 13.8. The summed E-state index contributed by atoms with van der Waals surface area (Å²) in [5.41, 5.74) is 5.98. The topological polar surface area (TPSA) is 142 Å². The fourth-order valence-corrected chi connectivity index (χ4v) is 7.20. The number of hydrogen-bond acceptors (Lipinski definition) is 6. The number of aliphatic carboxylic acids is 1. The molecule has 9 nitrogen and oxygen atoms in total. The molecule has 3 aromatic carbocycles. The number of nitrogens with one attached hydrogen (secondary N) is 1. The SMILES string of the molecule is NC1CC2CCC(C1)N2C(=O)C(NC(=O)C(O)c1ccc2cc(OC3CCCC3)ccc2c1)C(F)(F)c1ccc(Br)cc1.O=C(O)C(F)(F)F. The number of nitrogens with two attached hydrogens (primary N) is 1. The van der Waals surface area contributed by atoms with Crippen molar-refractivity contribution in [1.82, 2.24) is 10.2 Å². The van der Waals surface area contributed by atoms with Gasteiger partial charge in [-0.3, -0.25) is 9.59 Å². The fraction of sp³-hybridized carbons (Fsp3) is 0.457. The Kier molecular flexibility index (Phi) is 11.4. The van der Waals surface area contributed by atoms with Crippen LogP contribution in [0.15, 0.2) is 65.1 Å². The maximum absolute atomic E-state index is 16.1. The molecule has 0 aromatic heterocycles. The van der Waals surface area contributed by atoms with Crippen LogP contribution in [0.25, 0.3) is 10.8 Å². The van der Waals surface area contributed by atoms with Gasteiger partial charge in [-0.2, -0.15) is 22.0 Å². The van der Waals surface area contributed by atoms with Gasteiger partial charge in [0.05, 0.1) is 6.10 Å². The molecule has 0 spiro atoms. The first kappa shape index (κ1) is 37.4. The predicted octanol–water partition coefficient (Wildman–Crippen LogP) is 6.35. The van der Waals surface area contributed by atoms with Crippen LogP contribution in [0.1, 0.15) is 68.6 Å². The van der Waals surface area contributed by atoms with Crippen molar-refractivity contribution in [1.29, 1.82) is 0 Å². The number of carboxylic acid groups (broad SMARTS) is 1. The summed E-state index contributed by atoms with van der Waals surface area (Å²) in [6.07, 6.45) is 0.187. The highest BCUT2D eigenvalue weighted by atomic mass is 79.9. The van der Waals surface area contributed by atoms with Gasteiger partial charge < -0.3 is 30.9 Å². The van der Waals surface area contributed by atoms with Gasteiger partial charge in [0.15, 0.2) is 12.1 Å². The van der Waals surface area contributed by atoms with Crippen molar-refractivity contribution in [2.24, 2.45) is 5.73 Å². The third-order valence-electron chi connectivity index (χ3n) is 9.40. The van der Waals surface area contributed by atoms with Crippen molar-refractivity contribution in [2.75, 3.05) is 0 Å². The molecule has 2 aliphatic heterocycles. The Labute approximate surface area is 293 Å². The van der Waals surface area contributed by atoms with E-state index >= 15 is 8.78 Å². The Morgan fingerprint density at radius 1 is 0.880 bits per heavy atom. The van der Waals surface area contributed by atoms with E-state index in [9.17, 15) is 27.9 Å². The summed E-state index contributed by atoms with van der Waals surface area (Å²) >= 11 is 3.25. The first-order valence-electron chi connectivity index (χ1n) is 16.2. The molecule has 1 aliphatic carbocycles. The van der Waals surface area contributed by atoms with Gasteiger partial charge in [0, 0.05) is 28.2 Å². The number of carbonyl (C=O) groups is 3. The van der Waals surface area contributed by atoms with Gasteiger partial charge in [-0.05, 0) is 98.0 Å². The lowest BCUT2D eigenvalue weighted by molar-refractivity contribution is -0.192. The van der Waals surface area contributed by atoms with Crippen molar-refractivity contribution >= 4 is 44.5 Å². The van der Waals surface area contributed by atoms with E-state index in [0.717, 1.165) is 42.2 Å². The molecule has 0 radical (unpaired) electrons. The number of nitrogens with zero attached hydrogens (tertiary/aromatic N) is 1. The fourth-order valence-electron chi connectivity index (χ4n) is 6.93. The first-order chi connectivity index (χ1) is 23.5. The Hall–Kier alpha value is -3.82. The number of hydrogen-bond donors (Lipinski definition) is 4. The molecule has 4 atom stereocenters. The maximum atomic E-state index is 16.1. The molecule has 15 heteroatoms. The van der Waals surface area contributed by atoms with Crippen LogP contribution < -0.4 is 15.8 Å². The molecule has 4 unspecified atom stereocenters. The largest absolute Gasteiger partial charge is 0.490 e. The number of piperidine rings is 1. The molecule has 50 heavy (non-hydrogen) atoms. The maximum Gasteiger partial charge on any atom is 0.490 e. The monoisotopic (exact) mass is 769 g/mol. The van der Waals surface area contributed by atoms with Crippen LogP contribution in [0, 0.1) is 0 Å². The van der Waals surface area contributed by atoms with Gasteiger partial charge in [0.1, 0.15) is 5.75 Å². The highest BCUT2D eigenvalue weighted by Crippen LogP contribution is 2.40. The van der Waals surface area contributed by atoms with Crippen molar-refractivity contribution in [2.45, 2.75) is 99.8 Å². The van der Waals surface area contributed by atoms with Crippen LogP contribution >= 0.6 is 15.9 Å². The average Bonchev–Trinajstić information content (AvgIpc) is 3.67. The summed E-state index contributed by atoms with van der Waals surface area (Å²) in [5, 5.41) is 22.0. The van der Waals surface area contributed by atoms with E-state index in [2.05, 4.69) is 21.2 Å². The number of fused-ring (bicyclic) bond motifs is 3. The molecule has 2 bridgehead atoms. The normalized spacial score (nSPS) is 22.0. The minimum atomic E-state index is -5.08. The number of ether oxygens (including phenoxy) is 1. The third kappa shape index (κ3) is 8.55. The number of halogens is 6. The molecule has 1 saturated carbocycles. The van der Waals surface area contributed by atoms with Crippen LogP contribution in [0.5, 0.6) is 5.75 Å². The number of alkyl halides is 5. The Morgan fingerprint density at radius 2 is 1.44 bits per heavy atom. The number of carbonyl (C=O) groups excluding carboxylic acids is 2. The lowest BCUT2D eigenvalue weighted by Gasteiger charge is -2.41. The summed E-state index contributed by atoms with van der Waals surface area (Å²) in [7, 11) is 0. The summed E-state index contributed by atoms with van der Waals surface area (Å²) in [5.74, 6) is -7.68. The Bertz CT molecular complexity index is 1690. The standard InChI is InChI=1S/C33H36BrF2N3O4.C2HF3O2/c34-23-10-8-22(9-11-23)33(35,36)30(32(42)39-25-12-13-26(39)18-24(37)17-25)38-31(41)29(40)21-6-5-20-16-28(14-7-19(20)15-21)43-27-3-1-2-4-27;3-2(4,5)1(6)7/h5-11,14-16,24-27,29-30,40H,1-4,12-13,17-18,37H2,(H,38,41);(H,6,7). The summed E-state index contributed by atoms with van der Waals surface area (Å²) in [4.78, 5) is 37.6. The van der Waals surface area contributed by atoms with Crippen molar-refractivity contribution in [3.05, 3.63) is 76.3 Å². The average molecular weight is 771 g/mol. The minimum absolute atomic E-state index is 0.0957. The van der Waals surface area contributed by atoms with E-state index in [1.54, 1.807) is 18.2 Å². The zero-order chi connectivity index (χ0) is 36.4. The second-order valence-electron chi connectivity index (χ2n) is 12.9. The lowest BCUT2D eigenvalue weighted by Crippen LogP contribution is -2.61. The van der Waals surface area contributed by atoms with Gasteiger partial charge in [-0.15, -0.1) is 0 Å². The smallest absolute Gasteiger partial charge is 0.490 e. The number of rotatable bonds is 8. The van der Waals surface area contributed by atoms with Crippen molar-refractivity contribution in [3.63, 3.8) is 0 Å². The number of carboxylic acids is 1. The third-order valence-corrected chi connectivity index (χ3v) is 9.93. The predicted molar refractivity (Wildman–Crippen MR) is 176 cm³/mol. The zero-order valence-electron chi connectivity index (χ0n) is 26.7. The van der Waals surface area contributed by atoms with Crippen LogP contribution in [0.3, 0.4) is 0 Å². The molecule has 2 heterocycles. The van der Waals surface area contributed by atoms with E-state index in [4.69, 9.17) is 20.4 Å². The molecule has 6 rings (SSSR count). The van der Waals surface area contributed by atoms with E-state index in [-0.39, 0.29) is 29.8 Å². The van der Waals surface area contributed by atoms with Gasteiger partial charge in [0.25, 0.3) is 11.8 Å². The van der Waals surface area contributed by atoms with Crippen molar-refractivity contribution < 1.29 is 51.3 Å². The van der Waals surface area contributed by atoms with Gasteiger partial charge in [0.2, 0.25) is 0 Å². The van der Waals surface area contributed by atoms with Crippen LogP contribution in [-0.2, 0) is 20.3 Å². The molecule has 3 fully saturated rings. The number of amides is 2. The second kappa shape index (κ2) is 15.2. The van der Waals surface area contributed by atoms with E-state index in [1.165, 1.54) is 29.2 Å². The highest BCUT2D eigenvalue weighted by molar-refractivity contribution is 9.10. The molecule has 2 amide bonds. The lowest BCUT2D eigenvalue weighted by atomic mass is 9.94. The van der Waals surface area contributed by atoms with E-state index in [0.29, 0.717) is 30.2 Å². The molecule has 3 aromatic rings. The number of benzene rings is 3. The number of aliphatic hydroxyl groups excluding tert-OH is 1. The van der Waals surface area contributed by atoms with Gasteiger partial charge >= 0.3 is 18.1 Å². The summed E-state index contributed by atoms with van der Waals surface area (Å²) < 4.78 is 70.7. The van der Waals surface area contributed by atoms with Crippen LogP contribution in [0.2, 0.25) is 0 Å². The molecule has 5 N–H and O–H groups in total. The molecule has 3 aliphatic rings. The molecular weight excluding hydrogens is 733 g/mol. The summed E-state index contributed by atoms with van der Waals surface area (Å²) in [6.45, 7) is 0. The van der Waals surface area contributed by atoms with Gasteiger partial charge in [-0.25, -0.2) is 4.79 Å². The van der Waals surface area contributed by atoms with Crippen molar-refractivity contribution in [3.8, 4) is 5.75 Å². The molecule has 270 valence electrons. The molecular formula is C35H37BrF5N3O6. The van der Waals surface area contributed by atoms with E-state index in [1.807, 2.05) is 18.2 Å².